The molecule has 2 heterocycles. The Labute approximate surface area is 361 Å². The average Bonchev–Trinajstić information content (AvgIpc) is 3.29. The van der Waals surface area contributed by atoms with Crippen LogP contribution in [0.25, 0.3) is 87.2 Å². The summed E-state index contributed by atoms with van der Waals surface area (Å²) in [5.41, 5.74) is 11.2. The van der Waals surface area contributed by atoms with Crippen molar-refractivity contribution in [2.24, 2.45) is 0 Å². The van der Waals surface area contributed by atoms with Crippen LogP contribution in [0.15, 0.2) is 182 Å². The highest BCUT2D eigenvalue weighted by Crippen LogP contribution is 2.55. The molecule has 2 aliphatic heterocycles. The van der Waals surface area contributed by atoms with Gasteiger partial charge < -0.3 is 9.47 Å². The first-order chi connectivity index (χ1) is 30.3. The summed E-state index contributed by atoms with van der Waals surface area (Å²) in [5, 5.41) is 12.4. The van der Waals surface area contributed by atoms with Crippen LogP contribution in [0.4, 0.5) is 0 Å². The summed E-state index contributed by atoms with van der Waals surface area (Å²) >= 11 is 0. The maximum Gasteiger partial charge on any atom is 0.139 e. The molecule has 0 fully saturated rings. The molecule has 0 saturated carbocycles. The third-order valence-corrected chi connectivity index (χ3v) is 14.3. The van der Waals surface area contributed by atoms with Gasteiger partial charge in [0.05, 0.1) is 0 Å². The zero-order chi connectivity index (χ0) is 41.5. The molecule has 0 bridgehead atoms. The highest BCUT2D eigenvalue weighted by atomic mass is 16.5. The van der Waals surface area contributed by atoms with Crippen LogP contribution < -0.4 is 9.47 Å². The van der Waals surface area contributed by atoms with Gasteiger partial charge in [0.15, 0.2) is 0 Å². The Morgan fingerprint density at radius 1 is 0.306 bits per heavy atom. The molecule has 294 valence electrons. The monoisotopic (exact) mass is 794 g/mol. The Morgan fingerprint density at radius 3 is 1.32 bits per heavy atom. The van der Waals surface area contributed by atoms with Gasteiger partial charge >= 0.3 is 0 Å². The van der Waals surface area contributed by atoms with Crippen LogP contribution in [0.1, 0.15) is 49.9 Å². The number of rotatable bonds is 3. The SMILES string of the molecule is CC1(C)c2ccccc2Oc2c(-c3cccc4c(-c5cc6cccc7ccc8cccc5c8c76)c5cccc(-c6cccc7c6Oc6ccccc6C7(C)C)c5cc34)cccc21. The minimum atomic E-state index is -0.241. The van der Waals surface area contributed by atoms with Gasteiger partial charge in [-0.2, -0.15) is 0 Å². The summed E-state index contributed by atoms with van der Waals surface area (Å²) < 4.78 is 13.9. The highest BCUT2D eigenvalue weighted by molar-refractivity contribution is 6.30. The van der Waals surface area contributed by atoms with Gasteiger partial charge in [-0.05, 0) is 100 Å². The Bertz CT molecular complexity index is 3530. The fourth-order valence-electron chi connectivity index (χ4n) is 11.3. The van der Waals surface area contributed by atoms with Gasteiger partial charge in [-0.1, -0.05) is 185 Å². The molecule has 2 heteroatoms. The predicted molar refractivity (Wildman–Crippen MR) is 259 cm³/mol. The van der Waals surface area contributed by atoms with Crippen LogP contribution in [0, 0.1) is 0 Å². The van der Waals surface area contributed by atoms with Gasteiger partial charge in [0.2, 0.25) is 0 Å². The van der Waals surface area contributed by atoms with Crippen molar-refractivity contribution in [2.75, 3.05) is 0 Å². The number of para-hydroxylation sites is 4. The lowest BCUT2D eigenvalue weighted by Crippen LogP contribution is -2.24. The molecule has 0 spiro atoms. The molecule has 0 atom stereocenters. The van der Waals surface area contributed by atoms with Crippen molar-refractivity contribution in [1.82, 2.24) is 0 Å². The van der Waals surface area contributed by atoms with Gasteiger partial charge in [0, 0.05) is 44.2 Å². The van der Waals surface area contributed by atoms with Crippen molar-refractivity contribution in [3.05, 3.63) is 204 Å². The lowest BCUT2D eigenvalue weighted by Gasteiger charge is -2.35. The normalized spacial score (nSPS) is 14.6. The molecular formula is C60H42O2. The third kappa shape index (κ3) is 4.75. The molecule has 0 saturated heterocycles. The quantitative estimate of drug-likeness (QED) is 0.131. The second-order valence-corrected chi connectivity index (χ2v) is 18.3. The van der Waals surface area contributed by atoms with E-state index >= 15 is 0 Å². The van der Waals surface area contributed by atoms with E-state index in [1.807, 2.05) is 0 Å². The number of fused-ring (bicyclic) bond motifs is 6. The molecule has 13 rings (SSSR count). The first-order valence-electron chi connectivity index (χ1n) is 21.8. The Balaban J connectivity index is 1.16. The van der Waals surface area contributed by atoms with Gasteiger partial charge in [-0.15, -0.1) is 0 Å². The van der Waals surface area contributed by atoms with Crippen LogP contribution in [-0.2, 0) is 10.8 Å². The zero-order valence-electron chi connectivity index (χ0n) is 35.1. The molecule has 0 aliphatic carbocycles. The summed E-state index contributed by atoms with van der Waals surface area (Å²) in [6.45, 7) is 9.26. The minimum absolute atomic E-state index is 0.241. The van der Waals surface area contributed by atoms with Crippen LogP contribution in [0.5, 0.6) is 23.0 Å². The van der Waals surface area contributed by atoms with E-state index in [-0.39, 0.29) is 10.8 Å². The van der Waals surface area contributed by atoms with Gasteiger partial charge in [-0.25, -0.2) is 0 Å². The number of hydrogen-bond donors (Lipinski definition) is 0. The van der Waals surface area contributed by atoms with E-state index in [9.17, 15) is 0 Å². The van der Waals surface area contributed by atoms with E-state index in [0.717, 1.165) is 45.3 Å². The van der Waals surface area contributed by atoms with Gasteiger partial charge in [0.1, 0.15) is 23.0 Å². The molecule has 0 amide bonds. The van der Waals surface area contributed by atoms with Crippen molar-refractivity contribution in [3.8, 4) is 56.4 Å². The van der Waals surface area contributed by atoms with Crippen LogP contribution >= 0.6 is 0 Å². The largest absolute Gasteiger partial charge is 0.456 e. The van der Waals surface area contributed by atoms with E-state index in [2.05, 4.69) is 210 Å². The predicted octanol–water partition coefficient (Wildman–Crippen LogP) is 16.8. The first kappa shape index (κ1) is 35.3. The second kappa shape index (κ2) is 12.6. The molecule has 2 aliphatic rings. The Morgan fingerprint density at radius 2 is 0.742 bits per heavy atom. The second-order valence-electron chi connectivity index (χ2n) is 18.3. The van der Waals surface area contributed by atoms with Crippen molar-refractivity contribution in [3.63, 3.8) is 0 Å². The van der Waals surface area contributed by atoms with Gasteiger partial charge in [0.25, 0.3) is 0 Å². The molecule has 0 unspecified atom stereocenters. The Hall–Kier alpha value is -7.42. The topological polar surface area (TPSA) is 18.5 Å². The van der Waals surface area contributed by atoms with E-state index in [1.54, 1.807) is 0 Å². The lowest BCUT2D eigenvalue weighted by molar-refractivity contribution is 0.419. The van der Waals surface area contributed by atoms with Crippen LogP contribution in [0.3, 0.4) is 0 Å². The summed E-state index contributed by atoms with van der Waals surface area (Å²) in [4.78, 5) is 0. The van der Waals surface area contributed by atoms with E-state index in [4.69, 9.17) is 9.47 Å². The van der Waals surface area contributed by atoms with Crippen molar-refractivity contribution in [1.29, 1.82) is 0 Å². The van der Waals surface area contributed by atoms with Crippen LogP contribution in [-0.4, -0.2) is 0 Å². The summed E-state index contributed by atoms with van der Waals surface area (Å²) in [6, 6.07) is 67.0. The van der Waals surface area contributed by atoms with Crippen molar-refractivity contribution < 1.29 is 9.47 Å². The number of hydrogen-bond acceptors (Lipinski definition) is 2. The van der Waals surface area contributed by atoms with Gasteiger partial charge in [-0.3, -0.25) is 0 Å². The molecule has 11 aromatic carbocycles. The minimum Gasteiger partial charge on any atom is -0.456 e. The first-order valence-corrected chi connectivity index (χ1v) is 21.8. The van der Waals surface area contributed by atoms with E-state index in [0.29, 0.717) is 0 Å². The average molecular weight is 795 g/mol. The number of benzene rings is 11. The molecular weight excluding hydrogens is 753 g/mol. The molecule has 2 nitrogen and oxygen atoms in total. The molecule has 0 radical (unpaired) electrons. The lowest BCUT2D eigenvalue weighted by atomic mass is 9.74. The summed E-state index contributed by atoms with van der Waals surface area (Å²) in [6.07, 6.45) is 0. The third-order valence-electron chi connectivity index (χ3n) is 14.3. The van der Waals surface area contributed by atoms with Crippen molar-refractivity contribution >= 4 is 53.9 Å². The van der Waals surface area contributed by atoms with Crippen LogP contribution in [0.2, 0.25) is 0 Å². The smallest absolute Gasteiger partial charge is 0.139 e. The Kier molecular flexibility index (Phi) is 7.16. The molecule has 11 aromatic rings. The zero-order valence-corrected chi connectivity index (χ0v) is 35.1. The maximum atomic E-state index is 6.97. The fourth-order valence-corrected chi connectivity index (χ4v) is 11.3. The number of ether oxygens (including phenoxy) is 2. The maximum absolute atomic E-state index is 6.97. The molecule has 62 heavy (non-hydrogen) atoms. The van der Waals surface area contributed by atoms with E-state index in [1.165, 1.54) is 87.2 Å². The highest BCUT2D eigenvalue weighted by Gasteiger charge is 2.37. The summed E-state index contributed by atoms with van der Waals surface area (Å²) in [5.74, 6) is 3.68. The van der Waals surface area contributed by atoms with E-state index < -0.39 is 0 Å². The molecule has 0 N–H and O–H groups in total. The molecule has 0 aromatic heterocycles. The fraction of sp³-hybridized carbons (Fsp3) is 0.100. The standard InChI is InChI=1S/C60H42O2/c1-59(2)48-25-5-7-29-52(48)61-57-43(23-13-27-50(57)59)38-18-11-21-40-45(38)34-46-39(44-24-14-28-51-58(44)62-53-30-8-6-26-49(53)60(51,3)4)19-12-22-41(46)56(40)47-33-37-17-9-15-35-31-32-36-16-10-20-42(47)55(36)54(35)37/h5-34H,1-4H3. The summed E-state index contributed by atoms with van der Waals surface area (Å²) in [7, 11) is 0. The van der Waals surface area contributed by atoms with Crippen molar-refractivity contribution in [2.45, 2.75) is 38.5 Å².